The van der Waals surface area contributed by atoms with Crippen molar-refractivity contribution < 1.29 is 36.6 Å². The number of carboxylic acid groups (broad SMARTS) is 1. The van der Waals surface area contributed by atoms with E-state index in [4.69, 9.17) is 24.6 Å². The first-order valence-corrected chi connectivity index (χ1v) is 14.3. The molecule has 1 saturated heterocycles. The maximum Gasteiger partial charge on any atom is 0.490 e. The molecule has 238 valence electrons. The summed E-state index contributed by atoms with van der Waals surface area (Å²) in [5.74, 6) is -2.26. The lowest BCUT2D eigenvalue weighted by Crippen LogP contribution is -2.41. The summed E-state index contributed by atoms with van der Waals surface area (Å²) in [5.41, 5.74) is 3.23. The van der Waals surface area contributed by atoms with Gasteiger partial charge in [-0.15, -0.1) is 0 Å². The Kier molecular flexibility index (Phi) is 10.3. The molecule has 0 saturated carbocycles. The van der Waals surface area contributed by atoms with Gasteiger partial charge in [0.15, 0.2) is 23.2 Å². The summed E-state index contributed by atoms with van der Waals surface area (Å²) in [6.45, 7) is 10.4. The lowest BCUT2D eigenvalue weighted by atomic mass is 10.1. The zero-order valence-corrected chi connectivity index (χ0v) is 24.8. The zero-order valence-electron chi connectivity index (χ0n) is 24.8. The Balaban J connectivity index is 0.000000566. The molecule has 0 unspecified atom stereocenters. The summed E-state index contributed by atoms with van der Waals surface area (Å²) >= 11 is 0. The average molecular weight is 622 g/mol. The second-order valence-electron chi connectivity index (χ2n) is 11.8. The predicted molar refractivity (Wildman–Crippen MR) is 156 cm³/mol. The Morgan fingerprint density at radius 2 is 1.66 bits per heavy atom. The highest BCUT2D eigenvalue weighted by Crippen LogP contribution is 2.32. The van der Waals surface area contributed by atoms with Crippen molar-refractivity contribution >= 4 is 17.6 Å². The van der Waals surface area contributed by atoms with E-state index in [1.807, 2.05) is 6.07 Å². The molecule has 13 heteroatoms. The summed E-state index contributed by atoms with van der Waals surface area (Å²) < 4.78 is 64.9. The summed E-state index contributed by atoms with van der Waals surface area (Å²) in [6, 6.07) is 14.0. The molecule has 2 aromatic carbocycles. The van der Waals surface area contributed by atoms with Gasteiger partial charge in [0.25, 0.3) is 0 Å². The number of hydrogen-bond acceptors (Lipinski definition) is 7. The van der Waals surface area contributed by atoms with Crippen molar-refractivity contribution in [2.75, 3.05) is 29.9 Å². The van der Waals surface area contributed by atoms with Gasteiger partial charge in [0.05, 0.1) is 11.4 Å². The molecule has 3 heterocycles. The molecular formula is C31H36F5N5O3. The van der Waals surface area contributed by atoms with Crippen molar-refractivity contribution in [1.82, 2.24) is 14.9 Å². The highest BCUT2D eigenvalue weighted by molar-refractivity contribution is 5.73. The maximum absolute atomic E-state index is 14.1. The monoisotopic (exact) mass is 621 g/mol. The number of carbonyl (C=O) groups is 1. The second kappa shape index (κ2) is 13.7. The molecule has 0 aliphatic carbocycles. The Bertz CT molecular complexity index is 1420. The molecule has 8 nitrogen and oxygen atoms in total. The number of aromatic nitrogens is 2. The van der Waals surface area contributed by atoms with Crippen LogP contribution in [0, 0.1) is 11.6 Å². The fourth-order valence-corrected chi connectivity index (χ4v) is 4.95. The van der Waals surface area contributed by atoms with E-state index in [9.17, 15) is 22.0 Å². The SMILES string of the molecule is CC(C)(C)Nc1nc2c(nc1N1CCC(Oc3ccc(F)cc3F)CC1)CN(Cc1ccccc1)CC2.O=C(O)C(F)(F)F. The molecule has 0 atom stereocenters. The lowest BCUT2D eigenvalue weighted by Gasteiger charge is -2.36. The van der Waals surface area contributed by atoms with E-state index in [2.05, 4.69) is 60.2 Å². The van der Waals surface area contributed by atoms with E-state index in [1.165, 1.54) is 17.7 Å². The number of nitrogens with one attached hydrogen (secondary N) is 1. The molecule has 2 aliphatic heterocycles. The Morgan fingerprint density at radius 1 is 1.00 bits per heavy atom. The van der Waals surface area contributed by atoms with Crippen LogP contribution in [0.2, 0.25) is 0 Å². The van der Waals surface area contributed by atoms with Gasteiger partial charge in [-0.1, -0.05) is 30.3 Å². The fourth-order valence-electron chi connectivity index (χ4n) is 4.95. The Morgan fingerprint density at radius 3 is 2.25 bits per heavy atom. The van der Waals surface area contributed by atoms with Crippen LogP contribution in [0.15, 0.2) is 48.5 Å². The number of rotatable bonds is 6. The van der Waals surface area contributed by atoms with Gasteiger partial charge in [0.2, 0.25) is 0 Å². The van der Waals surface area contributed by atoms with E-state index < -0.39 is 23.8 Å². The van der Waals surface area contributed by atoms with Gasteiger partial charge in [-0.05, 0) is 38.5 Å². The van der Waals surface area contributed by atoms with Gasteiger partial charge in [0.1, 0.15) is 11.9 Å². The predicted octanol–water partition coefficient (Wildman–Crippen LogP) is 6.20. The zero-order chi connectivity index (χ0) is 32.1. The molecule has 2 aliphatic rings. The fraction of sp³-hybridized carbons (Fsp3) is 0.452. The highest BCUT2D eigenvalue weighted by Gasteiger charge is 2.38. The van der Waals surface area contributed by atoms with Crippen molar-refractivity contribution in [1.29, 1.82) is 0 Å². The number of alkyl halides is 3. The van der Waals surface area contributed by atoms with Crippen molar-refractivity contribution in [3.63, 3.8) is 0 Å². The molecule has 0 amide bonds. The second-order valence-corrected chi connectivity index (χ2v) is 11.8. The Hall–Kier alpha value is -4.00. The molecule has 5 rings (SSSR count). The van der Waals surface area contributed by atoms with Gasteiger partial charge in [-0.3, -0.25) is 4.90 Å². The Labute approximate surface area is 252 Å². The first kappa shape index (κ1) is 32.9. The number of halogens is 5. The van der Waals surface area contributed by atoms with E-state index in [1.54, 1.807) is 0 Å². The van der Waals surface area contributed by atoms with Crippen LogP contribution < -0.4 is 15.0 Å². The van der Waals surface area contributed by atoms with Gasteiger partial charge in [-0.25, -0.2) is 23.5 Å². The largest absolute Gasteiger partial charge is 0.490 e. The van der Waals surface area contributed by atoms with Crippen molar-refractivity contribution in [2.45, 2.75) is 70.9 Å². The van der Waals surface area contributed by atoms with Gasteiger partial charge in [-0.2, -0.15) is 13.2 Å². The van der Waals surface area contributed by atoms with E-state index in [0.717, 1.165) is 55.1 Å². The smallest absolute Gasteiger partial charge is 0.487 e. The topological polar surface area (TPSA) is 90.8 Å². The van der Waals surface area contributed by atoms with Crippen LogP contribution in [-0.4, -0.2) is 63.4 Å². The number of piperidine rings is 1. The third-order valence-electron chi connectivity index (χ3n) is 6.98. The number of aliphatic carboxylic acids is 1. The minimum atomic E-state index is -5.08. The number of fused-ring (bicyclic) bond motifs is 1. The summed E-state index contributed by atoms with van der Waals surface area (Å²) in [4.78, 5) is 23.8. The normalized spacial score (nSPS) is 16.0. The summed E-state index contributed by atoms with van der Waals surface area (Å²) in [5, 5.41) is 10.7. The van der Waals surface area contributed by atoms with Gasteiger partial charge >= 0.3 is 12.1 Å². The molecule has 0 bridgehead atoms. The van der Waals surface area contributed by atoms with Crippen LogP contribution >= 0.6 is 0 Å². The molecule has 44 heavy (non-hydrogen) atoms. The molecule has 0 radical (unpaired) electrons. The third kappa shape index (κ3) is 9.25. The minimum absolute atomic E-state index is 0.0991. The van der Waals surface area contributed by atoms with E-state index in [0.29, 0.717) is 25.9 Å². The number of hydrogen-bond donors (Lipinski definition) is 2. The number of carboxylic acids is 1. The third-order valence-corrected chi connectivity index (χ3v) is 6.98. The standard InChI is InChI=1S/C29H35F2N5O.C2HF3O2/c1-29(2,3)34-27-28(36-15-11-22(12-16-36)37-26-10-9-21(30)17-23(26)31)33-25-19-35(14-13-24(25)32-27)18-20-7-5-4-6-8-20;3-2(4,5)1(6)7/h4-10,17,22H,11-16,18-19H2,1-3H3,(H,32,34);(H,6,7). The molecule has 1 fully saturated rings. The quantitative estimate of drug-likeness (QED) is 0.315. The lowest BCUT2D eigenvalue weighted by molar-refractivity contribution is -0.192. The molecule has 2 N–H and O–H groups in total. The van der Waals surface area contributed by atoms with E-state index >= 15 is 0 Å². The van der Waals surface area contributed by atoms with Gasteiger partial charge < -0.3 is 20.1 Å². The minimum Gasteiger partial charge on any atom is -0.487 e. The average Bonchev–Trinajstić information content (AvgIpc) is 2.94. The molecule has 1 aromatic heterocycles. The van der Waals surface area contributed by atoms with Crippen molar-refractivity contribution in [3.05, 3.63) is 77.1 Å². The van der Waals surface area contributed by atoms with Crippen molar-refractivity contribution in [3.8, 4) is 5.75 Å². The highest BCUT2D eigenvalue weighted by atomic mass is 19.4. The van der Waals surface area contributed by atoms with Crippen LogP contribution in [0.1, 0.15) is 50.6 Å². The summed E-state index contributed by atoms with van der Waals surface area (Å²) in [7, 11) is 0. The van der Waals surface area contributed by atoms with Crippen LogP contribution in [0.4, 0.5) is 33.6 Å². The number of benzene rings is 2. The molecular weight excluding hydrogens is 585 g/mol. The molecule has 0 spiro atoms. The van der Waals surface area contributed by atoms with Crippen LogP contribution in [0.3, 0.4) is 0 Å². The van der Waals surface area contributed by atoms with Crippen LogP contribution in [0.5, 0.6) is 5.75 Å². The van der Waals surface area contributed by atoms with Gasteiger partial charge in [0, 0.05) is 63.6 Å². The number of ether oxygens (including phenoxy) is 1. The number of anilines is 2. The maximum atomic E-state index is 14.1. The van der Waals surface area contributed by atoms with Crippen LogP contribution in [-0.2, 0) is 24.3 Å². The first-order chi connectivity index (χ1) is 20.7. The van der Waals surface area contributed by atoms with Crippen LogP contribution in [0.25, 0.3) is 0 Å². The number of nitrogens with zero attached hydrogens (tertiary/aromatic N) is 4. The molecule has 3 aromatic rings. The summed E-state index contributed by atoms with van der Waals surface area (Å²) in [6.07, 6.45) is -2.93. The van der Waals surface area contributed by atoms with Crippen molar-refractivity contribution in [2.24, 2.45) is 0 Å². The van der Waals surface area contributed by atoms with E-state index in [-0.39, 0.29) is 17.4 Å². The first-order valence-electron chi connectivity index (χ1n) is 14.3.